The van der Waals surface area contributed by atoms with Crippen molar-refractivity contribution in [3.05, 3.63) is 122 Å². The predicted octanol–water partition coefficient (Wildman–Crippen LogP) is 7.37. The summed E-state index contributed by atoms with van der Waals surface area (Å²) in [7, 11) is 0. The number of aromatic nitrogens is 1. The van der Waals surface area contributed by atoms with Crippen molar-refractivity contribution in [3.8, 4) is 10.6 Å². The number of amides is 1. The molecule has 39 heavy (non-hydrogen) atoms. The van der Waals surface area contributed by atoms with E-state index >= 15 is 0 Å². The van der Waals surface area contributed by atoms with Gasteiger partial charge in [-0.15, -0.1) is 11.3 Å². The molecule has 0 saturated heterocycles. The summed E-state index contributed by atoms with van der Waals surface area (Å²) < 4.78 is 6.39. The maximum Gasteiger partial charge on any atom is 0.340 e. The molecule has 0 aliphatic heterocycles. The molecule has 0 saturated carbocycles. The number of nitrogens with one attached hydrogen (secondary N) is 1. The second kappa shape index (κ2) is 11.0. The maximum atomic E-state index is 13.6. The number of aryl methyl sites for hydroxylation is 1. The van der Waals surface area contributed by atoms with Gasteiger partial charge in [0, 0.05) is 17.0 Å². The Bertz CT molecular complexity index is 1720. The number of thiophene rings is 1. The van der Waals surface area contributed by atoms with E-state index in [0.717, 1.165) is 4.88 Å². The second-order valence-corrected chi connectivity index (χ2v) is 10.4. The van der Waals surface area contributed by atoms with Crippen molar-refractivity contribution < 1.29 is 19.2 Å². The summed E-state index contributed by atoms with van der Waals surface area (Å²) in [5, 5.41) is 14.7. The quantitative estimate of drug-likeness (QED) is 0.127. The molecule has 2 aromatic heterocycles. The molecular weight excluding hydrogens is 538 g/mol. The zero-order valence-corrected chi connectivity index (χ0v) is 22.0. The zero-order valence-electron chi connectivity index (χ0n) is 20.5. The third-order valence-corrected chi connectivity index (χ3v) is 7.19. The molecule has 0 aliphatic rings. The molecule has 1 unspecified atom stereocenters. The van der Waals surface area contributed by atoms with Crippen LogP contribution in [0.4, 0.5) is 11.4 Å². The number of ether oxygens (including phenoxy) is 1. The van der Waals surface area contributed by atoms with Crippen molar-refractivity contribution in [2.75, 3.05) is 5.32 Å². The van der Waals surface area contributed by atoms with Crippen molar-refractivity contribution in [2.45, 2.75) is 13.0 Å². The highest BCUT2D eigenvalue weighted by Gasteiger charge is 2.29. The van der Waals surface area contributed by atoms with Crippen LogP contribution in [0.3, 0.4) is 0 Å². The minimum atomic E-state index is -1.38. The van der Waals surface area contributed by atoms with Crippen LogP contribution in [-0.2, 0) is 9.53 Å². The smallest absolute Gasteiger partial charge is 0.340 e. The van der Waals surface area contributed by atoms with Crippen molar-refractivity contribution >= 4 is 57.1 Å². The molecule has 8 nitrogen and oxygen atoms in total. The van der Waals surface area contributed by atoms with Crippen LogP contribution in [0.25, 0.3) is 21.5 Å². The standard InChI is InChI=1S/C29H20ClN3O5S/c1-17-11-12-22(24(15-17)33(36)37)32-28(34)27(18-7-3-2-4-8-18)38-29(35)20-16-23(25-13-14-26(30)39-25)31-21-10-6-5-9-19(20)21/h2-16,27H,1H3,(H,32,34). The van der Waals surface area contributed by atoms with E-state index in [0.29, 0.717) is 32.1 Å². The monoisotopic (exact) mass is 557 g/mol. The third-order valence-electron chi connectivity index (χ3n) is 5.93. The van der Waals surface area contributed by atoms with Crippen LogP contribution < -0.4 is 5.32 Å². The van der Waals surface area contributed by atoms with Crippen LogP contribution in [-0.4, -0.2) is 21.8 Å². The van der Waals surface area contributed by atoms with Gasteiger partial charge in [-0.05, 0) is 42.8 Å². The fourth-order valence-electron chi connectivity index (χ4n) is 4.09. The number of halogens is 1. The summed E-state index contributed by atoms with van der Waals surface area (Å²) in [5.41, 5.74) is 2.13. The molecule has 194 valence electrons. The molecule has 1 amide bonds. The largest absolute Gasteiger partial charge is 0.444 e. The van der Waals surface area contributed by atoms with Gasteiger partial charge >= 0.3 is 5.97 Å². The Morgan fingerprint density at radius 3 is 2.46 bits per heavy atom. The Morgan fingerprint density at radius 1 is 1.00 bits per heavy atom. The number of hydrogen-bond acceptors (Lipinski definition) is 7. The Kier molecular flexibility index (Phi) is 7.36. The number of esters is 1. The lowest BCUT2D eigenvalue weighted by molar-refractivity contribution is -0.384. The molecule has 5 rings (SSSR count). The number of fused-ring (bicyclic) bond motifs is 1. The Labute approximate surface area is 232 Å². The summed E-state index contributed by atoms with van der Waals surface area (Å²) in [5.74, 6) is -1.48. The predicted molar refractivity (Wildman–Crippen MR) is 151 cm³/mol. The Hall–Kier alpha value is -4.60. The number of anilines is 1. The van der Waals surface area contributed by atoms with E-state index in [4.69, 9.17) is 16.3 Å². The van der Waals surface area contributed by atoms with Crippen LogP contribution in [0.2, 0.25) is 4.34 Å². The first kappa shape index (κ1) is 26.0. The van der Waals surface area contributed by atoms with Crippen LogP contribution in [0.15, 0.2) is 91.0 Å². The molecule has 0 spiro atoms. The molecule has 0 radical (unpaired) electrons. The van der Waals surface area contributed by atoms with Gasteiger partial charge in [0.15, 0.2) is 0 Å². The van der Waals surface area contributed by atoms with E-state index in [-0.39, 0.29) is 16.9 Å². The number of hydrogen-bond donors (Lipinski definition) is 1. The van der Waals surface area contributed by atoms with E-state index in [1.165, 1.54) is 23.5 Å². The summed E-state index contributed by atoms with van der Waals surface area (Å²) in [6, 6.07) is 25.2. The van der Waals surface area contributed by atoms with Crippen molar-refractivity contribution in [3.63, 3.8) is 0 Å². The number of carbonyl (C=O) groups is 2. The summed E-state index contributed by atoms with van der Waals surface area (Å²) in [6.45, 7) is 1.71. The number of rotatable bonds is 7. The molecule has 2 heterocycles. The summed E-state index contributed by atoms with van der Waals surface area (Å²) in [6.07, 6.45) is -1.38. The van der Waals surface area contributed by atoms with Gasteiger partial charge in [-0.2, -0.15) is 0 Å². The zero-order chi connectivity index (χ0) is 27.5. The highest BCUT2D eigenvalue weighted by Crippen LogP contribution is 2.33. The number of nitro groups is 1. The van der Waals surface area contributed by atoms with Gasteiger partial charge in [-0.1, -0.05) is 66.2 Å². The van der Waals surface area contributed by atoms with Gasteiger partial charge in [-0.3, -0.25) is 14.9 Å². The van der Waals surface area contributed by atoms with Gasteiger partial charge in [0.05, 0.1) is 30.9 Å². The maximum absolute atomic E-state index is 13.6. The molecule has 1 atom stereocenters. The average Bonchev–Trinajstić information content (AvgIpc) is 3.38. The molecular formula is C29H20ClN3O5S. The molecule has 3 aromatic carbocycles. The normalized spacial score (nSPS) is 11.6. The summed E-state index contributed by atoms with van der Waals surface area (Å²) in [4.78, 5) is 43.5. The fourth-order valence-corrected chi connectivity index (χ4v) is 5.09. The van der Waals surface area contributed by atoms with E-state index in [1.807, 2.05) is 12.1 Å². The highest BCUT2D eigenvalue weighted by molar-refractivity contribution is 7.19. The lowest BCUT2D eigenvalue weighted by atomic mass is 10.1. The van der Waals surface area contributed by atoms with Crippen molar-refractivity contribution in [1.29, 1.82) is 0 Å². The van der Waals surface area contributed by atoms with Crippen LogP contribution >= 0.6 is 22.9 Å². The minimum absolute atomic E-state index is 0.00111. The molecule has 5 aromatic rings. The molecule has 0 bridgehead atoms. The third kappa shape index (κ3) is 5.64. The summed E-state index contributed by atoms with van der Waals surface area (Å²) >= 11 is 7.44. The number of nitro benzene ring substituents is 1. The van der Waals surface area contributed by atoms with Gasteiger partial charge in [0.1, 0.15) is 5.69 Å². The topological polar surface area (TPSA) is 111 Å². The number of carbonyl (C=O) groups excluding carboxylic acids is 2. The molecule has 10 heteroatoms. The highest BCUT2D eigenvalue weighted by atomic mass is 35.5. The van der Waals surface area contributed by atoms with Gasteiger partial charge < -0.3 is 10.1 Å². The first-order chi connectivity index (χ1) is 18.8. The molecule has 1 N–H and O–H groups in total. The van der Waals surface area contributed by atoms with Crippen LogP contribution in [0, 0.1) is 17.0 Å². The Balaban J connectivity index is 1.53. The first-order valence-electron chi connectivity index (χ1n) is 11.8. The van der Waals surface area contributed by atoms with E-state index < -0.39 is 22.9 Å². The number of pyridine rings is 1. The first-order valence-corrected chi connectivity index (χ1v) is 13.0. The van der Waals surface area contributed by atoms with Crippen LogP contribution in [0.5, 0.6) is 0 Å². The number of nitrogens with zero attached hydrogens (tertiary/aromatic N) is 2. The number of benzene rings is 3. The van der Waals surface area contributed by atoms with E-state index in [9.17, 15) is 19.7 Å². The van der Waals surface area contributed by atoms with Gasteiger partial charge in [0.2, 0.25) is 6.10 Å². The van der Waals surface area contributed by atoms with E-state index in [1.54, 1.807) is 73.7 Å². The van der Waals surface area contributed by atoms with E-state index in [2.05, 4.69) is 10.3 Å². The van der Waals surface area contributed by atoms with Crippen molar-refractivity contribution in [2.24, 2.45) is 0 Å². The SMILES string of the molecule is Cc1ccc(NC(=O)C(OC(=O)c2cc(-c3ccc(Cl)s3)nc3ccccc23)c2ccccc2)c([N+](=O)[O-])c1. The number of para-hydroxylation sites is 1. The average molecular weight is 558 g/mol. The lowest BCUT2D eigenvalue weighted by Gasteiger charge is -2.19. The van der Waals surface area contributed by atoms with Gasteiger partial charge in [0.25, 0.3) is 11.6 Å². The lowest BCUT2D eigenvalue weighted by Crippen LogP contribution is -2.26. The Morgan fingerprint density at radius 2 is 1.74 bits per heavy atom. The van der Waals surface area contributed by atoms with Crippen molar-refractivity contribution in [1.82, 2.24) is 4.98 Å². The van der Waals surface area contributed by atoms with Crippen LogP contribution in [0.1, 0.15) is 27.6 Å². The second-order valence-electron chi connectivity index (χ2n) is 8.64. The minimum Gasteiger partial charge on any atom is -0.444 e. The molecule has 0 aliphatic carbocycles. The van der Waals surface area contributed by atoms with Gasteiger partial charge in [-0.25, -0.2) is 9.78 Å². The molecule has 0 fully saturated rings. The fraction of sp³-hybridized carbons (Fsp3) is 0.0690.